The molecule has 1 aliphatic rings. The first kappa shape index (κ1) is 18.2. The summed E-state index contributed by atoms with van der Waals surface area (Å²) in [5.74, 6) is 3.37. The summed E-state index contributed by atoms with van der Waals surface area (Å²) in [6.45, 7) is 4.49. The van der Waals surface area contributed by atoms with Gasteiger partial charge in [-0.15, -0.1) is 0 Å². The maximum absolute atomic E-state index is 12.3. The van der Waals surface area contributed by atoms with Crippen molar-refractivity contribution < 1.29 is 9.53 Å². The molecule has 0 unspecified atom stereocenters. The standard InChI is InChI=1S/C18H26N4O2S/c1-14(13-24-2)22-16(20-15-5-4-8-19-18(15)22)6-3-7-17(23)21-9-11-25-12-10-21/h4-5,8,14H,3,6-7,9-13H2,1-2H3/t14-/m0/s1. The monoisotopic (exact) mass is 362 g/mol. The van der Waals surface area contributed by atoms with Gasteiger partial charge in [-0.05, 0) is 25.5 Å². The Balaban J connectivity index is 1.68. The molecule has 3 rings (SSSR count). The normalized spacial score (nSPS) is 16.3. The Morgan fingerprint density at radius 2 is 2.20 bits per heavy atom. The van der Waals surface area contributed by atoms with Crippen LogP contribution in [0, 0.1) is 0 Å². The van der Waals surface area contributed by atoms with Gasteiger partial charge < -0.3 is 14.2 Å². The van der Waals surface area contributed by atoms with E-state index in [2.05, 4.69) is 16.5 Å². The molecule has 6 nitrogen and oxygen atoms in total. The van der Waals surface area contributed by atoms with Gasteiger partial charge in [-0.3, -0.25) is 4.79 Å². The number of thioether (sulfide) groups is 1. The molecule has 136 valence electrons. The second-order valence-corrected chi connectivity index (χ2v) is 7.62. The number of carbonyl (C=O) groups excluding carboxylic acids is 1. The number of aryl methyl sites for hydroxylation is 1. The largest absolute Gasteiger partial charge is 0.383 e. The molecule has 0 saturated carbocycles. The van der Waals surface area contributed by atoms with E-state index >= 15 is 0 Å². The molecule has 1 fully saturated rings. The molecular formula is C18H26N4O2S. The Labute approximate surface area is 153 Å². The van der Waals surface area contributed by atoms with Crippen LogP contribution < -0.4 is 0 Å². The molecule has 2 aromatic rings. The highest BCUT2D eigenvalue weighted by Crippen LogP contribution is 2.21. The van der Waals surface area contributed by atoms with Crippen molar-refractivity contribution in [3.8, 4) is 0 Å². The number of rotatable bonds is 7. The average molecular weight is 362 g/mol. The van der Waals surface area contributed by atoms with Gasteiger partial charge in [0.15, 0.2) is 5.65 Å². The number of methoxy groups -OCH3 is 1. The third kappa shape index (κ3) is 4.33. The Hall–Kier alpha value is -1.60. The summed E-state index contributed by atoms with van der Waals surface area (Å²) in [7, 11) is 1.71. The van der Waals surface area contributed by atoms with E-state index in [9.17, 15) is 4.79 Å². The molecule has 1 amide bonds. The number of hydrogen-bond acceptors (Lipinski definition) is 5. The molecule has 0 aromatic carbocycles. The van der Waals surface area contributed by atoms with Gasteiger partial charge in [0.2, 0.25) is 5.91 Å². The fraction of sp³-hybridized carbons (Fsp3) is 0.611. The fourth-order valence-corrected chi connectivity index (χ4v) is 4.20. The van der Waals surface area contributed by atoms with Crippen LogP contribution in [-0.4, -0.2) is 63.7 Å². The lowest BCUT2D eigenvalue weighted by Crippen LogP contribution is -2.37. The minimum Gasteiger partial charge on any atom is -0.383 e. The van der Waals surface area contributed by atoms with Crippen LogP contribution in [0.1, 0.15) is 31.6 Å². The van der Waals surface area contributed by atoms with Crippen LogP contribution in [-0.2, 0) is 16.0 Å². The number of nitrogens with zero attached hydrogens (tertiary/aromatic N) is 4. The highest BCUT2D eigenvalue weighted by atomic mass is 32.2. The first-order valence-corrected chi connectivity index (χ1v) is 10.0. The Kier molecular flexibility index (Phi) is 6.31. The summed E-state index contributed by atoms with van der Waals surface area (Å²) in [6, 6.07) is 4.05. The van der Waals surface area contributed by atoms with Crippen LogP contribution in [0.4, 0.5) is 0 Å². The van der Waals surface area contributed by atoms with E-state index in [1.165, 1.54) is 0 Å². The van der Waals surface area contributed by atoms with Crippen molar-refractivity contribution in [2.75, 3.05) is 38.3 Å². The Morgan fingerprint density at radius 3 is 2.96 bits per heavy atom. The van der Waals surface area contributed by atoms with Crippen LogP contribution >= 0.6 is 11.8 Å². The molecule has 1 atom stereocenters. The Bertz CT molecular complexity index is 712. The molecule has 1 saturated heterocycles. The van der Waals surface area contributed by atoms with Gasteiger partial charge in [0.05, 0.1) is 12.6 Å². The van der Waals surface area contributed by atoms with Gasteiger partial charge >= 0.3 is 0 Å². The van der Waals surface area contributed by atoms with E-state index in [1.54, 1.807) is 13.3 Å². The number of imidazole rings is 1. The van der Waals surface area contributed by atoms with Crippen LogP contribution in [0.15, 0.2) is 18.3 Å². The van der Waals surface area contributed by atoms with Crippen molar-refractivity contribution in [3.63, 3.8) is 0 Å². The van der Waals surface area contributed by atoms with E-state index < -0.39 is 0 Å². The molecule has 0 N–H and O–H groups in total. The third-order valence-electron chi connectivity index (χ3n) is 4.53. The number of pyridine rings is 1. The van der Waals surface area contributed by atoms with Crippen molar-refractivity contribution >= 4 is 28.8 Å². The van der Waals surface area contributed by atoms with Crippen molar-refractivity contribution in [2.45, 2.75) is 32.2 Å². The maximum Gasteiger partial charge on any atom is 0.222 e. The lowest BCUT2D eigenvalue weighted by molar-refractivity contribution is -0.130. The van der Waals surface area contributed by atoms with Crippen LogP contribution in [0.2, 0.25) is 0 Å². The minimum atomic E-state index is 0.162. The van der Waals surface area contributed by atoms with Gasteiger partial charge in [0, 0.05) is 50.7 Å². The summed E-state index contributed by atoms with van der Waals surface area (Å²) < 4.78 is 7.47. The van der Waals surface area contributed by atoms with Gasteiger partial charge in [-0.1, -0.05) is 0 Å². The van der Waals surface area contributed by atoms with Gasteiger partial charge in [0.25, 0.3) is 0 Å². The number of ether oxygens (including phenoxy) is 1. The van der Waals surface area contributed by atoms with Crippen molar-refractivity contribution in [1.82, 2.24) is 19.4 Å². The van der Waals surface area contributed by atoms with E-state index in [-0.39, 0.29) is 11.9 Å². The Morgan fingerprint density at radius 1 is 1.40 bits per heavy atom. The number of aromatic nitrogens is 3. The molecule has 7 heteroatoms. The maximum atomic E-state index is 12.3. The molecule has 0 radical (unpaired) electrons. The number of fused-ring (bicyclic) bond motifs is 1. The lowest BCUT2D eigenvalue weighted by Gasteiger charge is -2.26. The zero-order valence-electron chi connectivity index (χ0n) is 15.0. The summed E-state index contributed by atoms with van der Waals surface area (Å²) in [5.41, 5.74) is 1.79. The molecule has 0 bridgehead atoms. The van der Waals surface area contributed by atoms with E-state index in [4.69, 9.17) is 9.72 Å². The van der Waals surface area contributed by atoms with Crippen molar-refractivity contribution in [1.29, 1.82) is 0 Å². The summed E-state index contributed by atoms with van der Waals surface area (Å²) >= 11 is 1.92. The van der Waals surface area contributed by atoms with Crippen LogP contribution in [0.25, 0.3) is 11.2 Å². The zero-order valence-corrected chi connectivity index (χ0v) is 15.8. The second-order valence-electron chi connectivity index (χ2n) is 6.40. The first-order chi connectivity index (χ1) is 12.2. The number of amides is 1. The second kappa shape index (κ2) is 8.67. The van der Waals surface area contributed by atoms with E-state index in [0.717, 1.165) is 54.4 Å². The highest BCUT2D eigenvalue weighted by molar-refractivity contribution is 7.99. The van der Waals surface area contributed by atoms with Crippen LogP contribution in [0.3, 0.4) is 0 Å². The third-order valence-corrected chi connectivity index (χ3v) is 5.47. The topological polar surface area (TPSA) is 60.2 Å². The summed E-state index contributed by atoms with van der Waals surface area (Å²) in [6.07, 6.45) is 3.96. The summed E-state index contributed by atoms with van der Waals surface area (Å²) in [4.78, 5) is 23.6. The fourth-order valence-electron chi connectivity index (χ4n) is 3.30. The molecule has 3 heterocycles. The SMILES string of the molecule is COC[C@H](C)n1c(CCCC(=O)N2CCSCC2)nc2cccnc21. The van der Waals surface area contributed by atoms with E-state index in [1.807, 2.05) is 28.8 Å². The molecule has 1 aliphatic heterocycles. The molecule has 25 heavy (non-hydrogen) atoms. The number of hydrogen-bond donors (Lipinski definition) is 0. The van der Waals surface area contributed by atoms with Crippen molar-refractivity contribution in [2.24, 2.45) is 0 Å². The van der Waals surface area contributed by atoms with Gasteiger partial charge in [0.1, 0.15) is 11.3 Å². The number of carbonyl (C=O) groups is 1. The zero-order chi connectivity index (χ0) is 17.6. The van der Waals surface area contributed by atoms with Gasteiger partial charge in [-0.25, -0.2) is 9.97 Å². The first-order valence-electron chi connectivity index (χ1n) is 8.87. The minimum absolute atomic E-state index is 0.162. The summed E-state index contributed by atoms with van der Waals surface area (Å²) in [5, 5.41) is 0. The van der Waals surface area contributed by atoms with Crippen LogP contribution in [0.5, 0.6) is 0 Å². The molecule has 0 spiro atoms. The predicted molar refractivity (Wildman–Crippen MR) is 101 cm³/mol. The molecule has 2 aromatic heterocycles. The predicted octanol–water partition coefficient (Wildman–Crippen LogP) is 2.54. The molecular weight excluding hydrogens is 336 g/mol. The lowest BCUT2D eigenvalue weighted by atomic mass is 10.2. The highest BCUT2D eigenvalue weighted by Gasteiger charge is 2.19. The van der Waals surface area contributed by atoms with E-state index in [0.29, 0.717) is 13.0 Å². The quantitative estimate of drug-likeness (QED) is 0.757. The van der Waals surface area contributed by atoms with Crippen molar-refractivity contribution in [3.05, 3.63) is 24.2 Å². The average Bonchev–Trinajstić information content (AvgIpc) is 3.01. The van der Waals surface area contributed by atoms with Gasteiger partial charge in [-0.2, -0.15) is 11.8 Å². The molecule has 0 aliphatic carbocycles. The smallest absolute Gasteiger partial charge is 0.222 e.